The minimum Gasteiger partial charge on any atom is -0.497 e. The van der Waals surface area contributed by atoms with Crippen molar-refractivity contribution in [1.29, 1.82) is 0 Å². The van der Waals surface area contributed by atoms with Crippen LogP contribution in [0.15, 0.2) is 78.2 Å². The van der Waals surface area contributed by atoms with Crippen LogP contribution in [0.4, 0.5) is 0 Å². The zero-order valence-electron chi connectivity index (χ0n) is 20.4. The van der Waals surface area contributed by atoms with Gasteiger partial charge in [0.05, 0.1) is 7.11 Å². The molecule has 3 heterocycles. The highest BCUT2D eigenvalue weighted by atomic mass is 32.2. The number of piperazine rings is 1. The van der Waals surface area contributed by atoms with E-state index >= 15 is 0 Å². The molecular weight excluding hydrogens is 472 g/mol. The molecule has 1 aliphatic heterocycles. The van der Waals surface area contributed by atoms with Crippen LogP contribution in [0.2, 0.25) is 0 Å². The van der Waals surface area contributed by atoms with Gasteiger partial charge in [0.15, 0.2) is 11.0 Å². The van der Waals surface area contributed by atoms with Gasteiger partial charge >= 0.3 is 0 Å². The van der Waals surface area contributed by atoms with Gasteiger partial charge in [0.25, 0.3) is 5.91 Å². The molecule has 2 aromatic carbocycles. The Hall–Kier alpha value is -3.69. The van der Waals surface area contributed by atoms with Crippen LogP contribution in [0, 0.1) is 0 Å². The molecule has 1 amide bonds. The number of hydrogen-bond acceptors (Lipinski definition) is 7. The van der Waals surface area contributed by atoms with Crippen LogP contribution in [-0.4, -0.2) is 75.8 Å². The average Bonchev–Trinajstić information content (AvgIpc) is 3.37. The number of nitrogens with zero attached hydrogens (tertiary/aromatic N) is 6. The van der Waals surface area contributed by atoms with Crippen LogP contribution < -0.4 is 4.74 Å². The zero-order valence-corrected chi connectivity index (χ0v) is 21.2. The van der Waals surface area contributed by atoms with E-state index in [1.165, 1.54) is 0 Å². The minimum atomic E-state index is 0.101. The Morgan fingerprint density at radius 3 is 2.28 bits per heavy atom. The van der Waals surface area contributed by atoms with Gasteiger partial charge in [-0.15, -0.1) is 10.2 Å². The first-order valence-electron chi connectivity index (χ1n) is 11.8. The van der Waals surface area contributed by atoms with Gasteiger partial charge in [0.1, 0.15) is 5.75 Å². The molecule has 184 valence electrons. The highest BCUT2D eigenvalue weighted by Gasteiger charge is 2.20. The van der Waals surface area contributed by atoms with Crippen LogP contribution in [0.3, 0.4) is 0 Å². The molecule has 0 aliphatic carbocycles. The average molecular weight is 501 g/mol. The molecule has 0 unspecified atom stereocenters. The van der Waals surface area contributed by atoms with E-state index in [2.05, 4.69) is 27.1 Å². The number of rotatable bonds is 7. The number of pyridine rings is 1. The van der Waals surface area contributed by atoms with Gasteiger partial charge in [0, 0.05) is 61.1 Å². The van der Waals surface area contributed by atoms with Crippen LogP contribution in [0.5, 0.6) is 5.75 Å². The molecule has 36 heavy (non-hydrogen) atoms. The van der Waals surface area contributed by atoms with E-state index in [-0.39, 0.29) is 5.91 Å². The van der Waals surface area contributed by atoms with E-state index in [4.69, 9.17) is 4.74 Å². The number of carbonyl (C=O) groups excluding carboxylic acids is 1. The summed E-state index contributed by atoms with van der Waals surface area (Å²) in [6.07, 6.45) is 3.50. The summed E-state index contributed by atoms with van der Waals surface area (Å²) in [5, 5.41) is 9.77. The number of aromatic nitrogens is 4. The molecule has 0 atom stereocenters. The minimum absolute atomic E-state index is 0.101. The molecule has 0 bridgehead atoms. The summed E-state index contributed by atoms with van der Waals surface area (Å²) < 4.78 is 7.37. The van der Waals surface area contributed by atoms with Crippen molar-refractivity contribution in [2.45, 2.75) is 10.9 Å². The van der Waals surface area contributed by atoms with Crippen molar-refractivity contribution in [2.24, 2.45) is 0 Å². The van der Waals surface area contributed by atoms with Crippen molar-refractivity contribution >= 4 is 17.7 Å². The maximum Gasteiger partial charge on any atom is 0.253 e. The lowest BCUT2D eigenvalue weighted by atomic mass is 10.1. The summed E-state index contributed by atoms with van der Waals surface area (Å²) in [4.78, 5) is 21.1. The van der Waals surface area contributed by atoms with Gasteiger partial charge in [-0.05, 0) is 61.1 Å². The first kappa shape index (κ1) is 24.0. The fourth-order valence-electron chi connectivity index (χ4n) is 4.10. The zero-order chi connectivity index (χ0) is 24.9. The van der Waals surface area contributed by atoms with Crippen molar-refractivity contribution in [1.82, 2.24) is 29.5 Å². The van der Waals surface area contributed by atoms with Crippen molar-refractivity contribution in [3.8, 4) is 22.8 Å². The van der Waals surface area contributed by atoms with E-state index in [1.54, 1.807) is 31.3 Å². The van der Waals surface area contributed by atoms with Gasteiger partial charge in [-0.25, -0.2) is 0 Å². The molecule has 0 saturated carbocycles. The Morgan fingerprint density at radius 1 is 0.917 bits per heavy atom. The van der Waals surface area contributed by atoms with Crippen molar-refractivity contribution < 1.29 is 9.53 Å². The Morgan fingerprint density at radius 2 is 1.61 bits per heavy atom. The summed E-state index contributed by atoms with van der Waals surface area (Å²) in [6.45, 7) is 3.37. The number of hydrogen-bond donors (Lipinski definition) is 0. The van der Waals surface area contributed by atoms with Gasteiger partial charge in [-0.3, -0.25) is 14.3 Å². The van der Waals surface area contributed by atoms with Gasteiger partial charge in [-0.1, -0.05) is 23.9 Å². The van der Waals surface area contributed by atoms with Gasteiger partial charge < -0.3 is 14.5 Å². The third kappa shape index (κ3) is 5.27. The number of amides is 1. The van der Waals surface area contributed by atoms with Crippen molar-refractivity contribution in [3.63, 3.8) is 0 Å². The fourth-order valence-corrected chi connectivity index (χ4v) is 5.01. The summed E-state index contributed by atoms with van der Waals surface area (Å²) in [6, 6.07) is 19.6. The quantitative estimate of drug-likeness (QED) is 0.355. The normalized spacial score (nSPS) is 14.1. The first-order chi connectivity index (χ1) is 17.6. The lowest BCUT2D eigenvalue weighted by Gasteiger charge is -2.32. The highest BCUT2D eigenvalue weighted by Crippen LogP contribution is 2.30. The molecule has 9 heteroatoms. The van der Waals surface area contributed by atoms with Crippen molar-refractivity contribution in [3.05, 3.63) is 84.2 Å². The van der Waals surface area contributed by atoms with E-state index in [0.717, 1.165) is 65.3 Å². The Labute approximate surface area is 214 Å². The maximum atomic E-state index is 12.8. The molecule has 1 saturated heterocycles. The lowest BCUT2D eigenvalue weighted by molar-refractivity contribution is 0.0664. The number of methoxy groups -OCH3 is 1. The van der Waals surface area contributed by atoms with E-state index in [9.17, 15) is 4.79 Å². The Bertz CT molecular complexity index is 1300. The second kappa shape index (κ2) is 10.9. The first-order valence-corrected chi connectivity index (χ1v) is 12.8. The summed E-state index contributed by atoms with van der Waals surface area (Å²) >= 11 is 1.60. The number of ether oxygens (including phenoxy) is 1. The summed E-state index contributed by atoms with van der Waals surface area (Å²) in [5.41, 5.74) is 3.73. The molecule has 8 nitrogen and oxygen atoms in total. The molecule has 1 fully saturated rings. The van der Waals surface area contributed by atoms with Gasteiger partial charge in [-0.2, -0.15) is 0 Å². The van der Waals surface area contributed by atoms with E-state index in [1.807, 2.05) is 70.1 Å². The Balaban J connectivity index is 1.34. The fraction of sp³-hybridized carbons (Fsp3) is 0.259. The highest BCUT2D eigenvalue weighted by molar-refractivity contribution is 7.98. The second-order valence-corrected chi connectivity index (χ2v) is 9.60. The van der Waals surface area contributed by atoms with Crippen molar-refractivity contribution in [2.75, 3.05) is 40.3 Å². The predicted octanol–water partition coefficient (Wildman–Crippen LogP) is 4.02. The SMILES string of the molecule is COc1ccc(-n2c(SCc3ccc(C(=O)N4CCN(C)CC4)cc3)nnc2-c2ccncc2)cc1. The lowest BCUT2D eigenvalue weighted by Crippen LogP contribution is -2.47. The molecule has 0 spiro atoms. The van der Waals surface area contributed by atoms with E-state index < -0.39 is 0 Å². The third-order valence-corrected chi connectivity index (χ3v) is 7.26. The molecule has 0 N–H and O–H groups in total. The van der Waals surface area contributed by atoms with E-state index in [0.29, 0.717) is 5.75 Å². The molecule has 4 aromatic rings. The standard InChI is InChI=1S/C27H28N6O2S/c1-31-15-17-32(18-16-31)26(34)22-5-3-20(4-6-22)19-36-27-30-29-25(21-11-13-28-14-12-21)33(27)23-7-9-24(35-2)10-8-23/h3-14H,15-19H2,1-2H3. The number of likely N-dealkylation sites (N-methyl/N-ethyl adjacent to an activating group) is 1. The van der Waals surface area contributed by atoms with Crippen LogP contribution in [-0.2, 0) is 5.75 Å². The largest absolute Gasteiger partial charge is 0.497 e. The third-order valence-electron chi connectivity index (χ3n) is 6.26. The Kier molecular flexibility index (Phi) is 7.29. The molecular formula is C27H28N6O2S. The number of thioether (sulfide) groups is 1. The number of benzene rings is 2. The summed E-state index contributed by atoms with van der Waals surface area (Å²) in [5.74, 6) is 2.34. The maximum absolute atomic E-state index is 12.8. The monoisotopic (exact) mass is 500 g/mol. The van der Waals surface area contributed by atoms with Crippen LogP contribution >= 0.6 is 11.8 Å². The van der Waals surface area contributed by atoms with Crippen LogP contribution in [0.25, 0.3) is 17.1 Å². The number of carbonyl (C=O) groups is 1. The summed E-state index contributed by atoms with van der Waals surface area (Å²) in [7, 11) is 3.74. The predicted molar refractivity (Wildman–Crippen MR) is 141 cm³/mol. The second-order valence-electron chi connectivity index (χ2n) is 8.66. The topological polar surface area (TPSA) is 76.4 Å². The molecule has 1 aliphatic rings. The van der Waals surface area contributed by atoms with Gasteiger partial charge in [0.2, 0.25) is 0 Å². The van der Waals surface area contributed by atoms with Crippen LogP contribution in [0.1, 0.15) is 15.9 Å². The molecule has 5 rings (SSSR count). The molecule has 2 aromatic heterocycles. The molecule has 0 radical (unpaired) electrons. The smallest absolute Gasteiger partial charge is 0.253 e.